The Morgan fingerprint density at radius 2 is 1.75 bits per heavy atom. The Balaban J connectivity index is 1.90. The molecule has 1 aliphatic rings. The summed E-state index contributed by atoms with van der Waals surface area (Å²) >= 11 is 12.3. The van der Waals surface area contributed by atoms with Crippen LogP contribution in [0.3, 0.4) is 0 Å². The van der Waals surface area contributed by atoms with E-state index < -0.39 is 0 Å². The van der Waals surface area contributed by atoms with Crippen LogP contribution in [0.1, 0.15) is 42.4 Å². The number of phenolic OH excluding ortho intramolecular Hbond substituents is 1. The predicted molar refractivity (Wildman–Crippen MR) is 114 cm³/mol. The van der Waals surface area contributed by atoms with Gasteiger partial charge in [0.25, 0.3) is 0 Å². The van der Waals surface area contributed by atoms with Crippen LogP contribution < -0.4 is 5.73 Å². The summed E-state index contributed by atoms with van der Waals surface area (Å²) in [6.45, 7) is 2.43. The molecule has 1 amide bonds. The minimum Gasteiger partial charge on any atom is -0.507 e. The Bertz CT molecular complexity index is 886. The zero-order valence-corrected chi connectivity index (χ0v) is 17.3. The van der Waals surface area contributed by atoms with Gasteiger partial charge in [-0.25, -0.2) is 0 Å². The molecule has 0 heterocycles. The number of aliphatic imine (C=N–C) groups is 1. The number of phenols is 1. The summed E-state index contributed by atoms with van der Waals surface area (Å²) in [5.41, 5.74) is 8.30. The van der Waals surface area contributed by atoms with Crippen molar-refractivity contribution in [2.75, 3.05) is 6.54 Å². The molecular weight excluding hydrogens is 395 g/mol. The lowest BCUT2D eigenvalue weighted by Gasteiger charge is -2.25. The fourth-order valence-electron chi connectivity index (χ4n) is 3.71. The van der Waals surface area contributed by atoms with E-state index in [2.05, 4.69) is 0 Å². The van der Waals surface area contributed by atoms with Crippen molar-refractivity contribution in [3.05, 3.63) is 63.1 Å². The highest BCUT2D eigenvalue weighted by Gasteiger charge is 2.25. The lowest BCUT2D eigenvalue weighted by molar-refractivity contribution is -0.122. The smallest absolute Gasteiger partial charge is 0.220 e. The van der Waals surface area contributed by atoms with Gasteiger partial charge in [-0.1, -0.05) is 35.3 Å². The molecule has 0 spiro atoms. The Morgan fingerprint density at radius 3 is 2.36 bits per heavy atom. The summed E-state index contributed by atoms with van der Waals surface area (Å²) in [4.78, 5) is 16.2. The molecule has 2 aromatic rings. The summed E-state index contributed by atoms with van der Waals surface area (Å²) in [5.74, 6) is 0.342. The first-order valence-electron chi connectivity index (χ1n) is 9.44. The third kappa shape index (κ3) is 4.86. The second kappa shape index (κ2) is 8.97. The van der Waals surface area contributed by atoms with Crippen molar-refractivity contribution >= 4 is 34.8 Å². The number of primary amides is 1. The summed E-state index contributed by atoms with van der Waals surface area (Å²) in [6.07, 6.45) is 3.47. The van der Waals surface area contributed by atoms with Crippen LogP contribution in [-0.4, -0.2) is 23.3 Å². The fourth-order valence-corrected chi connectivity index (χ4v) is 4.10. The van der Waals surface area contributed by atoms with Gasteiger partial charge in [0, 0.05) is 33.6 Å². The van der Waals surface area contributed by atoms with Crippen molar-refractivity contribution in [3.8, 4) is 5.75 Å². The molecular formula is C22H24Cl2N2O2. The molecule has 28 heavy (non-hydrogen) atoms. The number of benzene rings is 2. The van der Waals surface area contributed by atoms with Crippen LogP contribution in [0, 0.1) is 18.8 Å². The highest BCUT2D eigenvalue weighted by Crippen LogP contribution is 2.31. The Morgan fingerprint density at radius 1 is 1.11 bits per heavy atom. The maximum Gasteiger partial charge on any atom is 0.220 e. The molecule has 0 atom stereocenters. The molecule has 0 aliphatic heterocycles. The number of carbonyl (C=O) groups is 1. The standard InChI is InChI=1S/C22H24Cl2N2O2/c1-13-10-18(24)11-19(21(13)27)20(15-6-8-17(23)9-7-15)26-12-14-2-4-16(5-3-14)22(25)28/h6-11,14,16,27H,2-5,12H2,1H3,(H2,25,28). The van der Waals surface area contributed by atoms with E-state index in [1.165, 1.54) is 0 Å². The van der Waals surface area contributed by atoms with Gasteiger partial charge in [-0.2, -0.15) is 0 Å². The first kappa shape index (κ1) is 20.7. The van der Waals surface area contributed by atoms with Gasteiger partial charge in [-0.15, -0.1) is 0 Å². The van der Waals surface area contributed by atoms with Crippen LogP contribution in [-0.2, 0) is 4.79 Å². The molecule has 6 heteroatoms. The Hall–Kier alpha value is -2.04. The minimum atomic E-state index is -0.205. The lowest BCUT2D eigenvalue weighted by Crippen LogP contribution is -2.28. The summed E-state index contributed by atoms with van der Waals surface area (Å²) < 4.78 is 0. The monoisotopic (exact) mass is 418 g/mol. The van der Waals surface area contributed by atoms with Crippen LogP contribution >= 0.6 is 23.2 Å². The molecule has 2 aromatic carbocycles. The molecule has 4 nitrogen and oxygen atoms in total. The van der Waals surface area contributed by atoms with Crippen molar-refractivity contribution < 1.29 is 9.90 Å². The van der Waals surface area contributed by atoms with Crippen LogP contribution in [0.5, 0.6) is 5.75 Å². The van der Waals surface area contributed by atoms with E-state index in [4.69, 9.17) is 33.9 Å². The van der Waals surface area contributed by atoms with Crippen LogP contribution in [0.15, 0.2) is 41.4 Å². The fraction of sp³-hybridized carbons (Fsp3) is 0.364. The molecule has 3 rings (SSSR count). The lowest BCUT2D eigenvalue weighted by atomic mass is 9.81. The summed E-state index contributed by atoms with van der Waals surface area (Å²) in [6, 6.07) is 10.9. The van der Waals surface area contributed by atoms with Crippen molar-refractivity contribution in [1.82, 2.24) is 0 Å². The highest BCUT2D eigenvalue weighted by molar-refractivity contribution is 6.32. The number of carbonyl (C=O) groups excluding carboxylic acids is 1. The topological polar surface area (TPSA) is 75.7 Å². The number of aryl methyl sites for hydroxylation is 1. The van der Waals surface area contributed by atoms with E-state index in [1.54, 1.807) is 24.3 Å². The zero-order valence-electron chi connectivity index (χ0n) is 15.8. The molecule has 1 saturated carbocycles. The predicted octanol–water partition coefficient (Wildman–Crippen LogP) is 5.14. The van der Waals surface area contributed by atoms with Gasteiger partial charge in [0.2, 0.25) is 5.91 Å². The van der Waals surface area contributed by atoms with E-state index >= 15 is 0 Å². The molecule has 3 N–H and O–H groups in total. The van der Waals surface area contributed by atoms with Gasteiger partial charge in [-0.05, 0) is 68.4 Å². The van der Waals surface area contributed by atoms with Gasteiger partial charge < -0.3 is 10.8 Å². The zero-order chi connectivity index (χ0) is 20.3. The third-order valence-electron chi connectivity index (χ3n) is 5.39. The SMILES string of the molecule is Cc1cc(Cl)cc(C(=NCC2CCC(C(N)=O)CC2)c2ccc(Cl)cc2)c1O. The molecule has 0 unspecified atom stereocenters. The Kier molecular flexibility index (Phi) is 6.63. The third-order valence-corrected chi connectivity index (χ3v) is 5.86. The van der Waals surface area contributed by atoms with Crippen LogP contribution in [0.2, 0.25) is 10.0 Å². The van der Waals surface area contributed by atoms with Crippen molar-refractivity contribution in [2.45, 2.75) is 32.6 Å². The number of hydrogen-bond donors (Lipinski definition) is 2. The van der Waals surface area contributed by atoms with E-state index in [0.29, 0.717) is 39.3 Å². The maximum atomic E-state index is 11.4. The minimum absolute atomic E-state index is 0.0180. The van der Waals surface area contributed by atoms with Crippen molar-refractivity contribution in [1.29, 1.82) is 0 Å². The van der Waals surface area contributed by atoms with E-state index in [9.17, 15) is 9.90 Å². The largest absolute Gasteiger partial charge is 0.507 e. The number of halogens is 2. The first-order valence-corrected chi connectivity index (χ1v) is 10.2. The number of amides is 1. The Labute approximate surface area is 175 Å². The molecule has 148 valence electrons. The molecule has 1 aliphatic carbocycles. The molecule has 1 fully saturated rings. The van der Waals surface area contributed by atoms with Crippen LogP contribution in [0.25, 0.3) is 0 Å². The molecule has 0 aromatic heterocycles. The van der Waals surface area contributed by atoms with E-state index in [-0.39, 0.29) is 17.6 Å². The number of rotatable bonds is 5. The van der Waals surface area contributed by atoms with Crippen LogP contribution in [0.4, 0.5) is 0 Å². The second-order valence-electron chi connectivity index (χ2n) is 7.44. The van der Waals surface area contributed by atoms with Gasteiger partial charge in [0.05, 0.1) is 5.71 Å². The normalized spacial score (nSPS) is 20.2. The number of nitrogens with two attached hydrogens (primary N) is 1. The van der Waals surface area contributed by atoms with Gasteiger partial charge in [0.1, 0.15) is 5.75 Å². The average molecular weight is 419 g/mol. The quantitative estimate of drug-likeness (QED) is 0.659. The maximum absolute atomic E-state index is 11.4. The van der Waals surface area contributed by atoms with Crippen molar-refractivity contribution in [2.24, 2.45) is 22.6 Å². The molecule has 0 saturated heterocycles. The summed E-state index contributed by atoms with van der Waals surface area (Å²) in [7, 11) is 0. The molecule has 0 bridgehead atoms. The number of hydrogen-bond acceptors (Lipinski definition) is 3. The number of nitrogens with zero attached hydrogens (tertiary/aromatic N) is 1. The second-order valence-corrected chi connectivity index (χ2v) is 8.31. The van der Waals surface area contributed by atoms with Gasteiger partial charge in [0.15, 0.2) is 0 Å². The van der Waals surface area contributed by atoms with Gasteiger partial charge in [-0.3, -0.25) is 9.79 Å². The summed E-state index contributed by atoms with van der Waals surface area (Å²) in [5, 5.41) is 11.8. The highest BCUT2D eigenvalue weighted by atomic mass is 35.5. The average Bonchev–Trinajstić information content (AvgIpc) is 2.67. The van der Waals surface area contributed by atoms with E-state index in [0.717, 1.165) is 31.2 Å². The molecule has 0 radical (unpaired) electrons. The van der Waals surface area contributed by atoms with E-state index in [1.807, 2.05) is 19.1 Å². The van der Waals surface area contributed by atoms with Gasteiger partial charge >= 0.3 is 0 Å². The first-order chi connectivity index (χ1) is 13.3. The number of aromatic hydroxyl groups is 1. The van der Waals surface area contributed by atoms with Crippen molar-refractivity contribution in [3.63, 3.8) is 0 Å².